The molecule has 0 spiro atoms. The second kappa shape index (κ2) is 7.09. The van der Waals surface area contributed by atoms with Gasteiger partial charge >= 0.3 is 0 Å². The molecule has 22 heavy (non-hydrogen) atoms. The molecule has 2 unspecified atom stereocenters. The molecular weight excluding hydrogens is 328 g/mol. The Balaban J connectivity index is 2.10. The van der Waals surface area contributed by atoms with Gasteiger partial charge < -0.3 is 10.4 Å². The van der Waals surface area contributed by atoms with E-state index in [2.05, 4.69) is 5.32 Å². The fourth-order valence-electron chi connectivity index (χ4n) is 1.99. The lowest BCUT2D eigenvalue weighted by molar-refractivity contribution is 0.0852. The van der Waals surface area contributed by atoms with Crippen LogP contribution in [0.1, 0.15) is 28.9 Å². The van der Waals surface area contributed by atoms with Crippen LogP contribution in [-0.4, -0.2) is 17.1 Å². The molecule has 2 aromatic carbocycles. The Bertz CT molecular complexity index is 676. The quantitative estimate of drug-likeness (QED) is 0.883. The van der Waals surface area contributed by atoms with E-state index >= 15 is 0 Å². The lowest BCUT2D eigenvalue weighted by Gasteiger charge is -2.21. The van der Waals surface area contributed by atoms with Crippen LogP contribution in [0.5, 0.6) is 0 Å². The molecule has 2 N–H and O–H groups in total. The highest BCUT2D eigenvalue weighted by Crippen LogP contribution is 2.26. The van der Waals surface area contributed by atoms with Crippen molar-refractivity contribution in [2.45, 2.75) is 19.1 Å². The number of carbonyl (C=O) groups excluding carboxylic acids is 1. The van der Waals surface area contributed by atoms with Crippen LogP contribution in [0.15, 0.2) is 42.5 Å². The number of halogens is 3. The molecule has 0 radical (unpaired) electrons. The smallest absolute Gasteiger partial charge is 0.253 e. The molecule has 2 atom stereocenters. The number of nitrogens with one attached hydrogen (secondary N) is 1. The molecule has 116 valence electrons. The van der Waals surface area contributed by atoms with Crippen LogP contribution in [0.4, 0.5) is 4.39 Å². The number of carbonyl (C=O) groups is 1. The molecule has 0 aliphatic rings. The predicted molar refractivity (Wildman–Crippen MR) is 84.8 cm³/mol. The van der Waals surface area contributed by atoms with Crippen molar-refractivity contribution in [3.8, 4) is 0 Å². The van der Waals surface area contributed by atoms with Crippen molar-refractivity contribution >= 4 is 29.1 Å². The molecule has 1 amide bonds. The van der Waals surface area contributed by atoms with Crippen molar-refractivity contribution in [2.24, 2.45) is 0 Å². The van der Waals surface area contributed by atoms with Gasteiger partial charge in [-0.05, 0) is 36.8 Å². The molecule has 0 aliphatic carbocycles. The van der Waals surface area contributed by atoms with Gasteiger partial charge in [-0.1, -0.05) is 41.4 Å². The maximum atomic E-state index is 12.9. The summed E-state index contributed by atoms with van der Waals surface area (Å²) < 4.78 is 12.9. The number of benzene rings is 2. The molecule has 0 aromatic heterocycles. The molecule has 0 saturated heterocycles. The molecule has 0 saturated carbocycles. The van der Waals surface area contributed by atoms with Crippen LogP contribution >= 0.6 is 23.2 Å². The van der Waals surface area contributed by atoms with E-state index in [4.69, 9.17) is 23.2 Å². The van der Waals surface area contributed by atoms with Crippen molar-refractivity contribution in [2.75, 3.05) is 0 Å². The molecule has 0 heterocycles. The topological polar surface area (TPSA) is 49.3 Å². The number of hydrogen-bond donors (Lipinski definition) is 2. The minimum Gasteiger partial charge on any atom is -0.386 e. The normalized spacial score (nSPS) is 13.5. The van der Waals surface area contributed by atoms with Crippen molar-refractivity contribution in [1.29, 1.82) is 0 Å². The van der Waals surface area contributed by atoms with Gasteiger partial charge in [-0.25, -0.2) is 4.39 Å². The summed E-state index contributed by atoms with van der Waals surface area (Å²) in [7, 11) is 0. The Kier molecular flexibility index (Phi) is 5.40. The van der Waals surface area contributed by atoms with Gasteiger partial charge in [0.05, 0.1) is 27.8 Å². The van der Waals surface area contributed by atoms with Crippen molar-refractivity contribution < 1.29 is 14.3 Å². The van der Waals surface area contributed by atoms with Crippen molar-refractivity contribution in [3.63, 3.8) is 0 Å². The summed E-state index contributed by atoms with van der Waals surface area (Å²) in [6.45, 7) is 1.64. The second-order valence-electron chi connectivity index (χ2n) is 4.86. The third kappa shape index (κ3) is 3.77. The first-order valence-electron chi connectivity index (χ1n) is 6.58. The van der Waals surface area contributed by atoms with Crippen molar-refractivity contribution in [3.05, 3.63) is 69.5 Å². The summed E-state index contributed by atoms with van der Waals surface area (Å²) in [6.07, 6.45) is -0.970. The number of aliphatic hydroxyl groups is 1. The molecule has 2 rings (SSSR count). The van der Waals surface area contributed by atoms with Gasteiger partial charge in [0.25, 0.3) is 5.91 Å². The Morgan fingerprint density at radius 2 is 1.82 bits per heavy atom. The average Bonchev–Trinajstić information content (AvgIpc) is 2.50. The number of aliphatic hydroxyl groups excluding tert-OH is 1. The van der Waals surface area contributed by atoms with Gasteiger partial charge in [-0.15, -0.1) is 0 Å². The molecule has 6 heteroatoms. The van der Waals surface area contributed by atoms with E-state index in [1.165, 1.54) is 24.3 Å². The highest BCUT2D eigenvalue weighted by atomic mass is 35.5. The second-order valence-corrected chi connectivity index (χ2v) is 5.65. The van der Waals surface area contributed by atoms with E-state index in [-0.39, 0.29) is 15.6 Å². The fraction of sp³-hybridized carbons (Fsp3) is 0.188. The zero-order valence-corrected chi connectivity index (χ0v) is 13.2. The zero-order chi connectivity index (χ0) is 16.3. The minimum atomic E-state index is -0.970. The van der Waals surface area contributed by atoms with E-state index in [1.807, 2.05) is 0 Å². The summed E-state index contributed by atoms with van der Waals surface area (Å²) in [5, 5.41) is 13.3. The van der Waals surface area contributed by atoms with Crippen LogP contribution < -0.4 is 5.32 Å². The first-order chi connectivity index (χ1) is 10.4. The SMILES string of the molecule is CC(NC(=O)c1cccc(Cl)c1Cl)C(O)c1ccc(F)cc1. The molecular formula is C16H14Cl2FNO2. The third-order valence-electron chi connectivity index (χ3n) is 3.24. The number of amides is 1. The van der Waals surface area contributed by atoms with Gasteiger partial charge in [0.1, 0.15) is 5.82 Å². The summed E-state index contributed by atoms with van der Waals surface area (Å²) >= 11 is 11.9. The zero-order valence-electron chi connectivity index (χ0n) is 11.7. The van der Waals surface area contributed by atoms with Crippen LogP contribution in [-0.2, 0) is 0 Å². The van der Waals surface area contributed by atoms with E-state index in [9.17, 15) is 14.3 Å². The Morgan fingerprint density at radius 1 is 1.18 bits per heavy atom. The van der Waals surface area contributed by atoms with Crippen LogP contribution in [0.2, 0.25) is 10.0 Å². The van der Waals surface area contributed by atoms with E-state index in [0.717, 1.165) is 0 Å². The van der Waals surface area contributed by atoms with E-state index in [0.29, 0.717) is 5.56 Å². The van der Waals surface area contributed by atoms with Crippen LogP contribution in [0.25, 0.3) is 0 Å². The molecule has 0 bridgehead atoms. The van der Waals surface area contributed by atoms with Crippen LogP contribution in [0.3, 0.4) is 0 Å². The fourth-order valence-corrected chi connectivity index (χ4v) is 2.38. The molecule has 2 aromatic rings. The summed E-state index contributed by atoms with van der Waals surface area (Å²) in [5.74, 6) is -0.834. The summed E-state index contributed by atoms with van der Waals surface area (Å²) in [6, 6.07) is 9.58. The van der Waals surface area contributed by atoms with Gasteiger partial charge in [0.2, 0.25) is 0 Å². The lowest BCUT2D eigenvalue weighted by atomic mass is 10.0. The highest BCUT2D eigenvalue weighted by Gasteiger charge is 2.21. The monoisotopic (exact) mass is 341 g/mol. The Labute approximate surface area is 137 Å². The number of hydrogen-bond acceptors (Lipinski definition) is 2. The standard InChI is InChI=1S/C16H14Cl2FNO2/c1-9(15(21)10-5-7-11(19)8-6-10)20-16(22)12-3-2-4-13(17)14(12)18/h2-9,15,21H,1H3,(H,20,22). The van der Waals surface area contributed by atoms with Crippen molar-refractivity contribution in [1.82, 2.24) is 5.32 Å². The predicted octanol–water partition coefficient (Wildman–Crippen LogP) is 3.98. The third-order valence-corrected chi connectivity index (χ3v) is 4.06. The molecule has 0 aliphatic heterocycles. The van der Waals surface area contributed by atoms with Gasteiger partial charge in [-0.3, -0.25) is 4.79 Å². The minimum absolute atomic E-state index is 0.158. The maximum absolute atomic E-state index is 12.9. The first-order valence-corrected chi connectivity index (χ1v) is 7.34. The Hall–Kier alpha value is -1.62. The summed E-state index contributed by atoms with van der Waals surface area (Å²) in [4.78, 5) is 12.2. The Morgan fingerprint density at radius 3 is 2.45 bits per heavy atom. The van der Waals surface area contributed by atoms with E-state index < -0.39 is 23.9 Å². The number of rotatable bonds is 4. The van der Waals surface area contributed by atoms with Gasteiger partial charge in [0.15, 0.2) is 0 Å². The van der Waals surface area contributed by atoms with Gasteiger partial charge in [-0.2, -0.15) is 0 Å². The average molecular weight is 342 g/mol. The van der Waals surface area contributed by atoms with Gasteiger partial charge in [0, 0.05) is 0 Å². The lowest BCUT2D eigenvalue weighted by Crippen LogP contribution is -2.37. The molecule has 3 nitrogen and oxygen atoms in total. The highest BCUT2D eigenvalue weighted by molar-refractivity contribution is 6.43. The van der Waals surface area contributed by atoms with Crippen LogP contribution in [0, 0.1) is 5.82 Å². The molecule has 0 fully saturated rings. The summed E-state index contributed by atoms with van der Waals surface area (Å²) in [5.41, 5.74) is 0.735. The maximum Gasteiger partial charge on any atom is 0.253 e. The largest absolute Gasteiger partial charge is 0.386 e. The first kappa shape index (κ1) is 16.7. The van der Waals surface area contributed by atoms with E-state index in [1.54, 1.807) is 25.1 Å².